The molecule has 1 aliphatic heterocycles. The summed E-state index contributed by atoms with van der Waals surface area (Å²) in [5.74, 6) is 0.0844. The molecule has 0 bridgehead atoms. The number of benzene rings is 2. The third-order valence-corrected chi connectivity index (χ3v) is 4.70. The van der Waals surface area contributed by atoms with Crippen molar-refractivity contribution in [2.75, 3.05) is 5.75 Å². The van der Waals surface area contributed by atoms with E-state index >= 15 is 0 Å². The largest absolute Gasteiger partial charge is 0.455 e. The topological polar surface area (TPSA) is 107 Å². The van der Waals surface area contributed by atoms with E-state index in [0.29, 0.717) is 27.1 Å². The highest BCUT2D eigenvalue weighted by atomic mass is 79.9. The molecule has 1 N–H and O–H groups in total. The van der Waals surface area contributed by atoms with Gasteiger partial charge in [-0.1, -0.05) is 12.1 Å². The monoisotopic (exact) mass is 411 g/mol. The lowest BCUT2D eigenvalue weighted by Crippen LogP contribution is -2.06. The molecule has 0 radical (unpaired) electrons. The zero-order chi connectivity index (χ0) is 17.5. The quantitative estimate of drug-likeness (QED) is 0.466. The molecule has 0 atom stereocenters. The minimum Gasteiger partial charge on any atom is -0.455 e. The lowest BCUT2D eigenvalue weighted by atomic mass is 10.0. The number of non-ortho nitro benzene ring substituents is 1. The molecule has 9 heteroatoms. The number of para-hydroxylation sites is 1. The number of fused-ring (bicyclic) bond motifs is 2. The van der Waals surface area contributed by atoms with Crippen LogP contribution in [-0.4, -0.2) is 23.6 Å². The van der Waals surface area contributed by atoms with Crippen LogP contribution in [0.2, 0.25) is 0 Å². The fraction of sp³-hybridized carbons (Fsp3) is 0.0667. The molecule has 1 heterocycles. The summed E-state index contributed by atoms with van der Waals surface area (Å²) in [5, 5.41) is 11.0. The zero-order valence-electron chi connectivity index (χ0n) is 12.0. The SMILES string of the molecule is O=[N+]([O-])c1ccc2c(c1)C=C(CS(=O)(=O)O)c1cccc(Br)c1O2. The normalized spacial score (nSPS) is 13.2. The Morgan fingerprint density at radius 2 is 2.00 bits per heavy atom. The smallest absolute Gasteiger partial charge is 0.270 e. The summed E-state index contributed by atoms with van der Waals surface area (Å²) >= 11 is 3.34. The number of hydrogen-bond acceptors (Lipinski definition) is 5. The molecule has 0 spiro atoms. The first-order chi connectivity index (χ1) is 11.2. The highest BCUT2D eigenvalue weighted by molar-refractivity contribution is 9.10. The maximum Gasteiger partial charge on any atom is 0.270 e. The highest BCUT2D eigenvalue weighted by Gasteiger charge is 2.23. The molecule has 0 fully saturated rings. The van der Waals surface area contributed by atoms with Gasteiger partial charge in [0.25, 0.3) is 15.8 Å². The van der Waals surface area contributed by atoms with Crippen molar-refractivity contribution in [2.24, 2.45) is 0 Å². The van der Waals surface area contributed by atoms with Crippen molar-refractivity contribution in [3.63, 3.8) is 0 Å². The van der Waals surface area contributed by atoms with E-state index in [2.05, 4.69) is 15.9 Å². The molecule has 0 aliphatic carbocycles. The van der Waals surface area contributed by atoms with E-state index < -0.39 is 20.8 Å². The van der Waals surface area contributed by atoms with E-state index in [1.54, 1.807) is 18.2 Å². The van der Waals surface area contributed by atoms with Crippen molar-refractivity contribution in [1.82, 2.24) is 0 Å². The summed E-state index contributed by atoms with van der Waals surface area (Å²) in [6, 6.07) is 9.11. The maximum atomic E-state index is 11.3. The molecule has 2 aromatic rings. The number of nitrogens with zero attached hydrogens (tertiary/aromatic N) is 1. The van der Waals surface area contributed by atoms with Gasteiger partial charge in [-0.3, -0.25) is 14.7 Å². The molecule has 7 nitrogen and oxygen atoms in total. The van der Waals surface area contributed by atoms with Crippen LogP contribution in [0, 0.1) is 10.1 Å². The van der Waals surface area contributed by atoms with Crippen LogP contribution in [0.4, 0.5) is 5.69 Å². The lowest BCUT2D eigenvalue weighted by Gasteiger charge is -2.12. The molecule has 0 amide bonds. The molecule has 0 saturated carbocycles. The Morgan fingerprint density at radius 3 is 2.67 bits per heavy atom. The summed E-state index contributed by atoms with van der Waals surface area (Å²) in [6.07, 6.45) is 1.47. The van der Waals surface area contributed by atoms with Gasteiger partial charge in [-0.05, 0) is 39.7 Å². The van der Waals surface area contributed by atoms with Crippen molar-refractivity contribution in [1.29, 1.82) is 0 Å². The Hall–Kier alpha value is -2.23. The Morgan fingerprint density at radius 1 is 1.25 bits per heavy atom. The second-order valence-corrected chi connectivity index (χ2v) is 7.40. The standard InChI is InChI=1S/C15H10BrNO6S/c16-13-3-1-2-12-10(8-24(20,21)22)6-9-7-11(17(18)19)4-5-14(9)23-15(12)13/h1-7H,8H2,(H,20,21,22). The van der Waals surface area contributed by atoms with E-state index in [0.717, 1.165) is 0 Å². The Labute approximate surface area is 145 Å². The van der Waals surface area contributed by atoms with E-state index in [4.69, 9.17) is 4.74 Å². The molecule has 3 rings (SSSR count). The van der Waals surface area contributed by atoms with Gasteiger partial charge in [0.15, 0.2) is 0 Å². The van der Waals surface area contributed by atoms with E-state index in [1.165, 1.54) is 24.3 Å². The van der Waals surface area contributed by atoms with Gasteiger partial charge in [0.1, 0.15) is 17.3 Å². The highest BCUT2D eigenvalue weighted by Crippen LogP contribution is 2.43. The first-order valence-electron chi connectivity index (χ1n) is 6.65. The first-order valence-corrected chi connectivity index (χ1v) is 9.06. The van der Waals surface area contributed by atoms with Crippen molar-refractivity contribution < 1.29 is 22.6 Å². The van der Waals surface area contributed by atoms with Crippen LogP contribution < -0.4 is 4.74 Å². The van der Waals surface area contributed by atoms with Crippen molar-refractivity contribution >= 4 is 43.4 Å². The average Bonchev–Trinajstić information content (AvgIpc) is 2.63. The van der Waals surface area contributed by atoms with Gasteiger partial charge in [-0.15, -0.1) is 0 Å². The third-order valence-electron chi connectivity index (χ3n) is 3.40. The predicted molar refractivity (Wildman–Crippen MR) is 91.6 cm³/mol. The molecule has 0 saturated heterocycles. The number of nitro groups is 1. The van der Waals surface area contributed by atoms with Crippen LogP contribution in [0.3, 0.4) is 0 Å². The molecule has 2 aromatic carbocycles. The van der Waals surface area contributed by atoms with Crippen LogP contribution in [0.25, 0.3) is 11.6 Å². The molecule has 124 valence electrons. The first kappa shape index (κ1) is 16.6. The van der Waals surface area contributed by atoms with Crippen LogP contribution in [0.15, 0.2) is 40.9 Å². The summed E-state index contributed by atoms with van der Waals surface area (Å²) in [4.78, 5) is 10.4. The minimum atomic E-state index is -4.30. The van der Waals surface area contributed by atoms with Gasteiger partial charge >= 0.3 is 0 Å². The van der Waals surface area contributed by atoms with Crippen molar-refractivity contribution in [3.05, 3.63) is 62.1 Å². The van der Waals surface area contributed by atoms with Crippen LogP contribution in [0.5, 0.6) is 11.5 Å². The Balaban J connectivity index is 2.26. The molecule has 24 heavy (non-hydrogen) atoms. The predicted octanol–water partition coefficient (Wildman–Crippen LogP) is 3.89. The van der Waals surface area contributed by atoms with Crippen molar-refractivity contribution in [3.8, 4) is 11.5 Å². The summed E-state index contributed by atoms with van der Waals surface area (Å²) in [7, 11) is -4.30. The van der Waals surface area contributed by atoms with Crippen LogP contribution in [0.1, 0.15) is 11.1 Å². The van der Waals surface area contributed by atoms with Crippen LogP contribution in [-0.2, 0) is 10.1 Å². The molecule has 0 unspecified atom stereocenters. The molecule has 1 aliphatic rings. The van der Waals surface area contributed by atoms with E-state index in [9.17, 15) is 23.1 Å². The van der Waals surface area contributed by atoms with Gasteiger partial charge in [0.2, 0.25) is 0 Å². The number of rotatable bonds is 3. The number of halogens is 1. The summed E-state index contributed by atoms with van der Waals surface area (Å²) in [5.41, 5.74) is 0.949. The maximum absolute atomic E-state index is 11.3. The summed E-state index contributed by atoms with van der Waals surface area (Å²) < 4.78 is 38.3. The van der Waals surface area contributed by atoms with E-state index in [1.807, 2.05) is 0 Å². The molecule has 0 aromatic heterocycles. The summed E-state index contributed by atoms with van der Waals surface area (Å²) in [6.45, 7) is 0. The third kappa shape index (κ3) is 3.32. The molecular weight excluding hydrogens is 402 g/mol. The molecular formula is C15H10BrNO6S. The van der Waals surface area contributed by atoms with Crippen LogP contribution >= 0.6 is 15.9 Å². The second kappa shape index (κ2) is 6.00. The van der Waals surface area contributed by atoms with Gasteiger partial charge in [0.05, 0.1) is 9.40 Å². The number of ether oxygens (including phenoxy) is 1. The lowest BCUT2D eigenvalue weighted by molar-refractivity contribution is -0.384. The van der Waals surface area contributed by atoms with Gasteiger partial charge in [-0.2, -0.15) is 8.42 Å². The number of hydrogen-bond donors (Lipinski definition) is 1. The van der Waals surface area contributed by atoms with Gasteiger partial charge in [-0.25, -0.2) is 0 Å². The van der Waals surface area contributed by atoms with Gasteiger partial charge < -0.3 is 4.74 Å². The minimum absolute atomic E-state index is 0.148. The Kier molecular flexibility index (Phi) is 4.16. The average molecular weight is 412 g/mol. The number of nitro benzene ring substituents is 1. The second-order valence-electron chi connectivity index (χ2n) is 5.09. The van der Waals surface area contributed by atoms with Crippen molar-refractivity contribution in [2.45, 2.75) is 0 Å². The zero-order valence-corrected chi connectivity index (χ0v) is 14.4. The van der Waals surface area contributed by atoms with E-state index in [-0.39, 0.29) is 11.3 Å². The fourth-order valence-corrected chi connectivity index (χ4v) is 3.49. The van der Waals surface area contributed by atoms with Gasteiger partial charge in [0, 0.05) is 23.3 Å². The Bertz CT molecular complexity index is 983. The fourth-order valence-electron chi connectivity index (χ4n) is 2.41.